The first-order chi connectivity index (χ1) is 10.3. The summed E-state index contributed by atoms with van der Waals surface area (Å²) in [6.45, 7) is 7.47. The third-order valence-corrected chi connectivity index (χ3v) is 4.66. The van der Waals surface area contributed by atoms with Crippen molar-refractivity contribution >= 4 is 17.3 Å². The summed E-state index contributed by atoms with van der Waals surface area (Å²) in [6, 6.07) is 3.94. The molecule has 4 nitrogen and oxygen atoms in total. The molecule has 2 atom stereocenters. The molecule has 4 heteroatoms. The predicted octanol–water partition coefficient (Wildman–Crippen LogP) is 2.61. The van der Waals surface area contributed by atoms with Gasteiger partial charge in [-0.3, -0.25) is 9.59 Å². The molecule has 0 bridgehead atoms. The fraction of sp³-hybridized carbons (Fsp3) is 0.444. The van der Waals surface area contributed by atoms with Gasteiger partial charge in [-0.15, -0.1) is 0 Å². The summed E-state index contributed by atoms with van der Waals surface area (Å²) >= 11 is 0. The summed E-state index contributed by atoms with van der Waals surface area (Å²) in [6.07, 6.45) is -0.206. The Balaban J connectivity index is 2.39. The minimum Gasteiger partial charge on any atom is -0.492 e. The van der Waals surface area contributed by atoms with Gasteiger partial charge in [-0.1, -0.05) is 19.1 Å². The number of hydrogen-bond acceptors (Lipinski definition) is 4. The smallest absolute Gasteiger partial charge is 0.198 e. The van der Waals surface area contributed by atoms with Crippen LogP contribution >= 0.6 is 0 Å². The quantitative estimate of drug-likeness (QED) is 0.912. The van der Waals surface area contributed by atoms with Gasteiger partial charge in [-0.05, 0) is 31.9 Å². The monoisotopic (exact) mass is 300 g/mol. The Morgan fingerprint density at radius 1 is 1.41 bits per heavy atom. The van der Waals surface area contributed by atoms with E-state index in [1.165, 1.54) is 6.92 Å². The molecule has 0 radical (unpaired) electrons. The van der Waals surface area contributed by atoms with E-state index in [1.54, 1.807) is 6.92 Å². The number of ketones is 2. The number of carbonyl (C=O) groups is 2. The van der Waals surface area contributed by atoms with Crippen molar-refractivity contribution < 1.29 is 19.4 Å². The molecule has 22 heavy (non-hydrogen) atoms. The lowest BCUT2D eigenvalue weighted by molar-refractivity contribution is -0.140. The molecule has 0 unspecified atom stereocenters. The summed E-state index contributed by atoms with van der Waals surface area (Å²) < 4.78 is 5.80. The van der Waals surface area contributed by atoms with Crippen LogP contribution in [0.25, 0.3) is 5.76 Å². The van der Waals surface area contributed by atoms with E-state index in [0.717, 1.165) is 16.7 Å². The molecule has 1 aromatic carbocycles. The lowest BCUT2D eigenvalue weighted by Gasteiger charge is -2.39. The van der Waals surface area contributed by atoms with Crippen LogP contribution in [0.15, 0.2) is 17.7 Å². The lowest BCUT2D eigenvalue weighted by atomic mass is 9.70. The van der Waals surface area contributed by atoms with Crippen molar-refractivity contribution in [2.75, 3.05) is 6.61 Å². The van der Waals surface area contributed by atoms with E-state index in [1.807, 2.05) is 19.1 Å². The Morgan fingerprint density at radius 3 is 2.73 bits per heavy atom. The molecule has 1 aliphatic heterocycles. The summed E-state index contributed by atoms with van der Waals surface area (Å²) in [4.78, 5) is 24.4. The number of ether oxygens (including phenoxy) is 1. The van der Waals surface area contributed by atoms with Crippen molar-refractivity contribution in [3.63, 3.8) is 0 Å². The van der Waals surface area contributed by atoms with Crippen molar-refractivity contribution in [3.05, 3.63) is 40.0 Å². The van der Waals surface area contributed by atoms with Crippen LogP contribution in [-0.2, 0) is 19.9 Å². The molecular weight excluding hydrogens is 280 g/mol. The van der Waals surface area contributed by atoms with E-state index in [0.29, 0.717) is 23.5 Å². The van der Waals surface area contributed by atoms with Crippen LogP contribution in [0.3, 0.4) is 0 Å². The van der Waals surface area contributed by atoms with Gasteiger partial charge in [0.25, 0.3) is 0 Å². The maximum atomic E-state index is 12.7. The first-order valence-corrected chi connectivity index (χ1v) is 7.52. The summed E-state index contributed by atoms with van der Waals surface area (Å²) in [5.41, 5.74) is 1.83. The number of aliphatic hydroxyl groups is 1. The van der Waals surface area contributed by atoms with Gasteiger partial charge in [0, 0.05) is 29.0 Å². The van der Waals surface area contributed by atoms with E-state index in [9.17, 15) is 14.7 Å². The Morgan fingerprint density at radius 2 is 2.09 bits per heavy atom. The number of rotatable bonds is 2. The number of hydrogen-bond donors (Lipinski definition) is 1. The normalized spacial score (nSPS) is 26.6. The molecule has 0 spiro atoms. The fourth-order valence-corrected chi connectivity index (χ4v) is 3.63. The van der Waals surface area contributed by atoms with E-state index in [-0.39, 0.29) is 18.1 Å². The largest absolute Gasteiger partial charge is 0.492 e. The van der Waals surface area contributed by atoms with Gasteiger partial charge in [-0.2, -0.15) is 0 Å². The van der Waals surface area contributed by atoms with Gasteiger partial charge in [-0.25, -0.2) is 0 Å². The van der Waals surface area contributed by atoms with Crippen LogP contribution < -0.4 is 0 Å². The maximum absolute atomic E-state index is 12.7. The highest BCUT2D eigenvalue weighted by Crippen LogP contribution is 2.48. The molecule has 0 amide bonds. The third-order valence-electron chi connectivity index (χ3n) is 4.66. The average molecular weight is 300 g/mol. The van der Waals surface area contributed by atoms with Gasteiger partial charge in [0.15, 0.2) is 11.4 Å². The SMILES string of the molecule is CC(=O)C[C@@]1(O)C(=O)C(C)=C2OC[C@@H](C)c3ccc(C)c1c32. The van der Waals surface area contributed by atoms with Gasteiger partial charge in [0.05, 0.1) is 6.61 Å². The zero-order valence-electron chi connectivity index (χ0n) is 13.3. The van der Waals surface area contributed by atoms with Crippen molar-refractivity contribution in [1.29, 1.82) is 0 Å². The minimum absolute atomic E-state index is 0.181. The van der Waals surface area contributed by atoms with Gasteiger partial charge >= 0.3 is 0 Å². The Labute approximate surface area is 129 Å². The topological polar surface area (TPSA) is 63.6 Å². The van der Waals surface area contributed by atoms with Crippen molar-refractivity contribution in [3.8, 4) is 0 Å². The van der Waals surface area contributed by atoms with Crippen LogP contribution in [0.1, 0.15) is 55.4 Å². The molecule has 0 fully saturated rings. The van der Waals surface area contributed by atoms with Crippen molar-refractivity contribution in [2.45, 2.75) is 45.6 Å². The summed E-state index contributed by atoms with van der Waals surface area (Å²) in [5.74, 6) is 0.0968. The van der Waals surface area contributed by atoms with E-state index in [2.05, 4.69) is 6.92 Å². The second-order valence-electron chi connectivity index (χ2n) is 6.46. The maximum Gasteiger partial charge on any atom is 0.198 e. The molecule has 116 valence electrons. The molecule has 1 aliphatic carbocycles. The standard InChI is InChI=1S/C18H20O4/c1-9-5-6-13-10(2)8-22-16-12(4)17(20)18(21,7-11(3)19)15(9)14(13)16/h5-6,10,21H,7-8H2,1-4H3/t10-,18+/m1/s1. The van der Waals surface area contributed by atoms with E-state index in [4.69, 9.17) is 4.74 Å². The molecule has 0 saturated heterocycles. The Kier molecular flexibility index (Phi) is 3.25. The van der Waals surface area contributed by atoms with Gasteiger partial charge < -0.3 is 9.84 Å². The molecule has 0 aromatic heterocycles. The molecule has 0 saturated carbocycles. The molecular formula is C18H20O4. The summed E-state index contributed by atoms with van der Waals surface area (Å²) in [5, 5.41) is 11.1. The minimum atomic E-state index is -1.78. The Bertz CT molecular complexity index is 729. The fourth-order valence-electron chi connectivity index (χ4n) is 3.63. The lowest BCUT2D eigenvalue weighted by Crippen LogP contribution is -2.43. The zero-order valence-corrected chi connectivity index (χ0v) is 13.3. The van der Waals surface area contributed by atoms with Gasteiger partial charge in [0.1, 0.15) is 11.5 Å². The molecule has 2 aliphatic rings. The predicted molar refractivity (Wildman–Crippen MR) is 82.3 cm³/mol. The first-order valence-electron chi connectivity index (χ1n) is 7.52. The molecule has 1 N–H and O–H groups in total. The first kappa shape index (κ1) is 15.0. The van der Waals surface area contributed by atoms with Crippen molar-refractivity contribution in [2.24, 2.45) is 0 Å². The average Bonchev–Trinajstić information content (AvgIpc) is 2.43. The number of carbonyl (C=O) groups excluding carboxylic acids is 2. The van der Waals surface area contributed by atoms with Crippen LogP contribution in [-0.4, -0.2) is 23.3 Å². The van der Waals surface area contributed by atoms with Crippen LogP contribution in [0.5, 0.6) is 0 Å². The second-order valence-corrected chi connectivity index (χ2v) is 6.46. The zero-order chi connectivity index (χ0) is 16.2. The van der Waals surface area contributed by atoms with Crippen LogP contribution in [0, 0.1) is 6.92 Å². The number of aryl methyl sites for hydroxylation is 1. The number of Topliss-reactive ketones (excluding diaryl/α,β-unsaturated/α-hetero) is 2. The Hall–Kier alpha value is -1.94. The molecule has 1 aromatic rings. The van der Waals surface area contributed by atoms with Crippen LogP contribution in [0.2, 0.25) is 0 Å². The highest BCUT2D eigenvalue weighted by Gasteiger charge is 2.49. The van der Waals surface area contributed by atoms with E-state index < -0.39 is 11.4 Å². The van der Waals surface area contributed by atoms with Crippen molar-refractivity contribution in [1.82, 2.24) is 0 Å². The second kappa shape index (κ2) is 4.78. The van der Waals surface area contributed by atoms with E-state index >= 15 is 0 Å². The third kappa shape index (κ3) is 1.87. The molecule has 3 rings (SSSR count). The summed E-state index contributed by atoms with van der Waals surface area (Å²) in [7, 11) is 0. The molecule has 1 heterocycles. The highest BCUT2D eigenvalue weighted by atomic mass is 16.5. The highest BCUT2D eigenvalue weighted by molar-refractivity contribution is 6.12. The van der Waals surface area contributed by atoms with Crippen LogP contribution in [0.4, 0.5) is 0 Å². The number of benzene rings is 1. The van der Waals surface area contributed by atoms with Gasteiger partial charge in [0.2, 0.25) is 0 Å².